The predicted molar refractivity (Wildman–Crippen MR) is 46.4 cm³/mol. The van der Waals surface area contributed by atoms with Crippen molar-refractivity contribution in [2.45, 2.75) is 0 Å². The molecular formula is C9H4F2N4. The van der Waals surface area contributed by atoms with Crippen LogP contribution in [0.25, 0.3) is 11.3 Å². The van der Waals surface area contributed by atoms with Crippen molar-refractivity contribution in [2.75, 3.05) is 0 Å². The van der Waals surface area contributed by atoms with Crippen LogP contribution in [0.15, 0.2) is 18.2 Å². The zero-order valence-electron chi connectivity index (χ0n) is 7.33. The van der Waals surface area contributed by atoms with Crippen molar-refractivity contribution < 1.29 is 8.78 Å². The fraction of sp³-hybridized carbons (Fsp3) is 0. The summed E-state index contributed by atoms with van der Waals surface area (Å²) in [5.74, 6) is -1.45. The van der Waals surface area contributed by atoms with E-state index in [4.69, 9.17) is 5.26 Å². The Balaban J connectivity index is 2.60. The Morgan fingerprint density at radius 1 is 1.13 bits per heavy atom. The van der Waals surface area contributed by atoms with Crippen LogP contribution in [0.1, 0.15) is 5.69 Å². The van der Waals surface area contributed by atoms with Crippen LogP contribution >= 0.6 is 0 Å². The van der Waals surface area contributed by atoms with Crippen LogP contribution in [0.5, 0.6) is 0 Å². The number of rotatable bonds is 1. The molecule has 0 unspecified atom stereocenters. The summed E-state index contributed by atoms with van der Waals surface area (Å²) in [6.45, 7) is 0. The van der Waals surface area contributed by atoms with Crippen LogP contribution in [-0.2, 0) is 0 Å². The van der Waals surface area contributed by atoms with E-state index in [0.717, 1.165) is 18.2 Å². The normalized spacial score (nSPS) is 9.93. The first-order chi connectivity index (χ1) is 7.20. The largest absolute Gasteiger partial charge is 0.207 e. The van der Waals surface area contributed by atoms with Crippen LogP contribution in [-0.4, -0.2) is 15.4 Å². The summed E-state index contributed by atoms with van der Waals surface area (Å²) in [5.41, 5.74) is 0.314. The molecule has 0 bridgehead atoms. The predicted octanol–water partition coefficient (Wildman–Crippen LogP) is 1.62. The molecule has 1 heterocycles. The Morgan fingerprint density at radius 2 is 1.80 bits per heavy atom. The molecule has 0 saturated heterocycles. The maximum Gasteiger partial charge on any atom is 0.190 e. The van der Waals surface area contributed by atoms with Crippen molar-refractivity contribution in [2.24, 2.45) is 0 Å². The zero-order chi connectivity index (χ0) is 10.8. The maximum atomic E-state index is 12.9. The number of nitriles is 1. The molecule has 74 valence electrons. The third-order valence-electron chi connectivity index (χ3n) is 1.79. The lowest BCUT2D eigenvalue weighted by atomic mass is 10.1. The van der Waals surface area contributed by atoms with Gasteiger partial charge in [-0.05, 0) is 12.1 Å². The molecule has 0 spiro atoms. The van der Waals surface area contributed by atoms with E-state index in [-0.39, 0.29) is 17.0 Å². The van der Waals surface area contributed by atoms with Crippen LogP contribution < -0.4 is 0 Å². The minimum absolute atomic E-state index is 0.000000000000000444. The van der Waals surface area contributed by atoms with Gasteiger partial charge in [0.05, 0.1) is 0 Å². The van der Waals surface area contributed by atoms with Gasteiger partial charge in [-0.3, -0.25) is 0 Å². The fourth-order valence-corrected chi connectivity index (χ4v) is 1.20. The number of hydrogen-bond donors (Lipinski definition) is 1. The molecule has 0 atom stereocenters. The molecule has 2 rings (SSSR count). The molecule has 0 aliphatic heterocycles. The number of benzene rings is 1. The Bertz CT molecular complexity index is 521. The van der Waals surface area contributed by atoms with Crippen LogP contribution in [0.4, 0.5) is 8.78 Å². The maximum absolute atomic E-state index is 12.9. The van der Waals surface area contributed by atoms with E-state index in [1.54, 1.807) is 6.07 Å². The van der Waals surface area contributed by atoms with E-state index in [1.165, 1.54) is 0 Å². The van der Waals surface area contributed by atoms with E-state index in [9.17, 15) is 8.78 Å². The third-order valence-corrected chi connectivity index (χ3v) is 1.79. The highest BCUT2D eigenvalue weighted by Gasteiger charge is 2.11. The monoisotopic (exact) mass is 206 g/mol. The van der Waals surface area contributed by atoms with E-state index in [1.807, 2.05) is 0 Å². The average molecular weight is 206 g/mol. The Morgan fingerprint density at radius 3 is 2.40 bits per heavy atom. The SMILES string of the molecule is N#Cc1n[nH]nc1-c1cc(F)cc(F)c1. The van der Waals surface area contributed by atoms with Gasteiger partial charge in [-0.2, -0.15) is 15.6 Å². The topological polar surface area (TPSA) is 65.4 Å². The van der Waals surface area contributed by atoms with Gasteiger partial charge in [-0.15, -0.1) is 5.10 Å². The summed E-state index contributed by atoms with van der Waals surface area (Å²) < 4.78 is 25.7. The summed E-state index contributed by atoms with van der Waals surface area (Å²) in [6.07, 6.45) is 0. The van der Waals surface area contributed by atoms with Gasteiger partial charge >= 0.3 is 0 Å². The minimum Gasteiger partial charge on any atom is -0.207 e. The van der Waals surface area contributed by atoms with E-state index < -0.39 is 11.6 Å². The molecule has 1 aromatic heterocycles. The Labute approximate surface area is 83.2 Å². The lowest BCUT2D eigenvalue weighted by Crippen LogP contribution is -1.86. The smallest absolute Gasteiger partial charge is 0.190 e. The molecule has 15 heavy (non-hydrogen) atoms. The quantitative estimate of drug-likeness (QED) is 0.770. The van der Waals surface area contributed by atoms with Gasteiger partial charge < -0.3 is 0 Å². The number of nitrogens with one attached hydrogen (secondary N) is 1. The lowest BCUT2D eigenvalue weighted by molar-refractivity contribution is 0.584. The van der Waals surface area contributed by atoms with Crippen molar-refractivity contribution in [1.29, 1.82) is 5.26 Å². The molecule has 0 aliphatic rings. The molecule has 1 N–H and O–H groups in total. The molecule has 1 aromatic carbocycles. The number of nitrogens with zero attached hydrogens (tertiary/aromatic N) is 3. The number of halogens is 2. The van der Waals surface area contributed by atoms with Crippen molar-refractivity contribution in [3.63, 3.8) is 0 Å². The Hall–Kier alpha value is -2.29. The highest BCUT2D eigenvalue weighted by Crippen LogP contribution is 2.21. The van der Waals surface area contributed by atoms with Gasteiger partial charge in [0, 0.05) is 11.6 Å². The second-order valence-corrected chi connectivity index (χ2v) is 2.79. The molecule has 6 heteroatoms. The van der Waals surface area contributed by atoms with Gasteiger partial charge in [0.2, 0.25) is 0 Å². The molecule has 0 aliphatic carbocycles. The molecule has 0 amide bonds. The van der Waals surface area contributed by atoms with Crippen LogP contribution in [0, 0.1) is 23.0 Å². The summed E-state index contributed by atoms with van der Waals surface area (Å²) in [4.78, 5) is 0. The molecule has 0 radical (unpaired) electrons. The second kappa shape index (κ2) is 3.46. The van der Waals surface area contributed by atoms with Gasteiger partial charge in [0.1, 0.15) is 23.4 Å². The van der Waals surface area contributed by atoms with Crippen LogP contribution in [0.2, 0.25) is 0 Å². The summed E-state index contributed by atoms with van der Waals surface area (Å²) in [7, 11) is 0. The van der Waals surface area contributed by atoms with E-state index in [0.29, 0.717) is 0 Å². The minimum atomic E-state index is -0.725. The van der Waals surface area contributed by atoms with Crippen molar-refractivity contribution >= 4 is 0 Å². The molecule has 4 nitrogen and oxygen atoms in total. The first kappa shape index (κ1) is 9.27. The highest BCUT2D eigenvalue weighted by molar-refractivity contribution is 5.63. The molecular weight excluding hydrogens is 202 g/mol. The Kier molecular flexibility index (Phi) is 2.14. The lowest BCUT2D eigenvalue weighted by Gasteiger charge is -1.97. The second-order valence-electron chi connectivity index (χ2n) is 2.79. The molecule has 0 saturated carbocycles. The molecule has 0 fully saturated rings. The van der Waals surface area contributed by atoms with Gasteiger partial charge in [-0.1, -0.05) is 0 Å². The van der Waals surface area contributed by atoms with E-state index >= 15 is 0 Å². The van der Waals surface area contributed by atoms with Gasteiger partial charge in [0.15, 0.2) is 5.69 Å². The average Bonchev–Trinajstić information content (AvgIpc) is 2.63. The molecule has 2 aromatic rings. The number of aromatic amines is 1. The van der Waals surface area contributed by atoms with Gasteiger partial charge in [0.25, 0.3) is 0 Å². The van der Waals surface area contributed by atoms with Crippen molar-refractivity contribution in [1.82, 2.24) is 15.4 Å². The van der Waals surface area contributed by atoms with Crippen molar-refractivity contribution in [3.8, 4) is 17.3 Å². The van der Waals surface area contributed by atoms with Crippen LogP contribution in [0.3, 0.4) is 0 Å². The fourth-order valence-electron chi connectivity index (χ4n) is 1.20. The van der Waals surface area contributed by atoms with E-state index in [2.05, 4.69) is 15.4 Å². The number of aromatic nitrogens is 3. The first-order valence-electron chi connectivity index (χ1n) is 3.98. The summed E-state index contributed by atoms with van der Waals surface area (Å²) in [6, 6.07) is 4.68. The first-order valence-corrected chi connectivity index (χ1v) is 3.98. The zero-order valence-corrected chi connectivity index (χ0v) is 7.33. The number of H-pyrrole nitrogens is 1. The number of hydrogen-bond acceptors (Lipinski definition) is 3. The highest BCUT2D eigenvalue weighted by atomic mass is 19.1. The standard InChI is InChI=1S/C9H4F2N4/c10-6-1-5(2-7(11)3-6)9-8(4-12)13-15-14-9/h1-3H,(H,13,14,15). The summed E-state index contributed by atoms with van der Waals surface area (Å²) >= 11 is 0. The summed E-state index contributed by atoms with van der Waals surface area (Å²) in [5, 5.41) is 18.0. The van der Waals surface area contributed by atoms with Crippen molar-refractivity contribution in [3.05, 3.63) is 35.5 Å². The third kappa shape index (κ3) is 1.67. The van der Waals surface area contributed by atoms with Gasteiger partial charge in [-0.25, -0.2) is 8.78 Å².